The molecule has 0 spiro atoms. The molecule has 12 heteroatoms. The summed E-state index contributed by atoms with van der Waals surface area (Å²) in [6.07, 6.45) is -1.62. The summed E-state index contributed by atoms with van der Waals surface area (Å²) in [6.45, 7) is 1.91. The van der Waals surface area contributed by atoms with Crippen molar-refractivity contribution in [1.29, 1.82) is 5.26 Å². The molecule has 35 heavy (non-hydrogen) atoms. The van der Waals surface area contributed by atoms with Gasteiger partial charge in [-0.15, -0.1) is 24.5 Å². The third-order valence-electron chi connectivity index (χ3n) is 4.69. The number of aryl methyl sites for hydroxylation is 1. The Morgan fingerprint density at radius 1 is 1.14 bits per heavy atom. The molecule has 0 amide bonds. The lowest BCUT2D eigenvalue weighted by Crippen LogP contribution is -2.17. The number of halogens is 3. The van der Waals surface area contributed by atoms with Crippen molar-refractivity contribution in [1.82, 2.24) is 14.8 Å². The van der Waals surface area contributed by atoms with E-state index in [1.165, 1.54) is 34.3 Å². The SMILES string of the molecule is C/C=S(/Nc1nccs1)c1ccc(Oc2ccc(OC(F)(F)F)cc2-c2ccnn2C)c(C#N)c1. The first-order valence-electron chi connectivity index (χ1n) is 10.1. The summed E-state index contributed by atoms with van der Waals surface area (Å²) in [5.41, 5.74) is 1.11. The van der Waals surface area contributed by atoms with Crippen molar-refractivity contribution < 1.29 is 22.6 Å². The van der Waals surface area contributed by atoms with E-state index < -0.39 is 22.8 Å². The normalized spacial score (nSPS) is 12.2. The number of thiazole rings is 1. The number of hydrogen-bond acceptors (Lipinski definition) is 7. The number of aromatic nitrogens is 3. The molecule has 2 aromatic carbocycles. The highest BCUT2D eigenvalue weighted by Gasteiger charge is 2.31. The minimum absolute atomic E-state index is 0.245. The molecule has 4 rings (SSSR count). The first kappa shape index (κ1) is 24.3. The fourth-order valence-electron chi connectivity index (χ4n) is 3.20. The summed E-state index contributed by atoms with van der Waals surface area (Å²) in [6, 6.07) is 12.7. The van der Waals surface area contributed by atoms with Crippen LogP contribution in [0.25, 0.3) is 11.3 Å². The van der Waals surface area contributed by atoms with Gasteiger partial charge in [-0.3, -0.25) is 4.68 Å². The molecule has 180 valence electrons. The van der Waals surface area contributed by atoms with Crippen molar-refractivity contribution in [2.75, 3.05) is 4.72 Å². The third-order valence-corrected chi connectivity index (χ3v) is 7.16. The molecular formula is C23H18F3N5O2S2. The van der Waals surface area contributed by atoms with E-state index in [4.69, 9.17) is 4.74 Å². The zero-order valence-electron chi connectivity index (χ0n) is 18.4. The van der Waals surface area contributed by atoms with Crippen LogP contribution in [0.5, 0.6) is 17.2 Å². The van der Waals surface area contributed by atoms with E-state index in [-0.39, 0.29) is 17.1 Å². The van der Waals surface area contributed by atoms with Crippen LogP contribution in [-0.2, 0) is 7.05 Å². The van der Waals surface area contributed by atoms with Gasteiger partial charge in [-0.2, -0.15) is 10.4 Å². The minimum atomic E-state index is -4.84. The van der Waals surface area contributed by atoms with Crippen LogP contribution in [0.3, 0.4) is 0 Å². The number of hydrogen-bond donors (Lipinski definition) is 1. The highest BCUT2D eigenvalue weighted by atomic mass is 32.2. The van der Waals surface area contributed by atoms with Crippen LogP contribution in [-0.4, -0.2) is 26.5 Å². The maximum absolute atomic E-state index is 12.8. The molecule has 0 aliphatic carbocycles. The molecule has 1 atom stereocenters. The highest BCUT2D eigenvalue weighted by Crippen LogP contribution is 2.39. The minimum Gasteiger partial charge on any atom is -0.455 e. The monoisotopic (exact) mass is 517 g/mol. The summed E-state index contributed by atoms with van der Waals surface area (Å²) in [5.74, 6) is 0.111. The van der Waals surface area contributed by atoms with Crippen LogP contribution in [0.2, 0.25) is 0 Å². The first-order chi connectivity index (χ1) is 16.8. The van der Waals surface area contributed by atoms with Gasteiger partial charge in [0.2, 0.25) is 0 Å². The number of anilines is 1. The average molecular weight is 518 g/mol. The van der Waals surface area contributed by atoms with Gasteiger partial charge < -0.3 is 14.2 Å². The van der Waals surface area contributed by atoms with Crippen molar-refractivity contribution in [3.63, 3.8) is 0 Å². The van der Waals surface area contributed by atoms with Crippen molar-refractivity contribution in [3.8, 4) is 34.6 Å². The van der Waals surface area contributed by atoms with Crippen LogP contribution in [0.4, 0.5) is 18.3 Å². The van der Waals surface area contributed by atoms with Crippen molar-refractivity contribution >= 4 is 32.5 Å². The van der Waals surface area contributed by atoms with Crippen molar-refractivity contribution in [2.24, 2.45) is 7.05 Å². The summed E-state index contributed by atoms with van der Waals surface area (Å²) in [7, 11) is 1.15. The van der Waals surface area contributed by atoms with E-state index in [0.29, 0.717) is 11.3 Å². The molecule has 4 aromatic rings. The zero-order chi connectivity index (χ0) is 25.0. The van der Waals surface area contributed by atoms with Crippen LogP contribution in [0.15, 0.2) is 65.1 Å². The summed E-state index contributed by atoms with van der Waals surface area (Å²) in [5, 5.41) is 18.4. The topological polar surface area (TPSA) is 85.0 Å². The van der Waals surface area contributed by atoms with E-state index in [1.807, 2.05) is 23.7 Å². The lowest BCUT2D eigenvalue weighted by Gasteiger charge is -2.16. The Labute approximate surface area is 205 Å². The average Bonchev–Trinajstić information content (AvgIpc) is 3.49. The zero-order valence-corrected chi connectivity index (χ0v) is 20.0. The molecular weight excluding hydrogens is 499 g/mol. The molecule has 0 radical (unpaired) electrons. The number of nitriles is 1. The lowest BCUT2D eigenvalue weighted by atomic mass is 10.1. The Morgan fingerprint density at radius 3 is 2.57 bits per heavy atom. The smallest absolute Gasteiger partial charge is 0.455 e. The van der Waals surface area contributed by atoms with Crippen LogP contribution in [0.1, 0.15) is 12.5 Å². The van der Waals surface area contributed by atoms with Gasteiger partial charge >= 0.3 is 6.36 Å². The molecule has 0 aliphatic heterocycles. The number of nitrogens with one attached hydrogen (secondary N) is 1. The number of ether oxygens (including phenoxy) is 2. The van der Waals surface area contributed by atoms with E-state index >= 15 is 0 Å². The molecule has 0 fully saturated rings. The molecule has 1 N–H and O–H groups in total. The second kappa shape index (κ2) is 10.2. The Hall–Kier alpha value is -3.82. The van der Waals surface area contributed by atoms with Gasteiger partial charge in [0.15, 0.2) is 5.13 Å². The van der Waals surface area contributed by atoms with Gasteiger partial charge in [-0.1, -0.05) is 10.7 Å². The summed E-state index contributed by atoms with van der Waals surface area (Å²) >= 11 is 1.47. The predicted octanol–water partition coefficient (Wildman–Crippen LogP) is 6.58. The summed E-state index contributed by atoms with van der Waals surface area (Å²) in [4.78, 5) is 5.09. The highest BCUT2D eigenvalue weighted by molar-refractivity contribution is 8.16. The Bertz CT molecular complexity index is 1410. The van der Waals surface area contributed by atoms with E-state index in [2.05, 4.69) is 25.6 Å². The Balaban J connectivity index is 1.69. The quantitative estimate of drug-likeness (QED) is 0.279. The largest absolute Gasteiger partial charge is 0.573 e. The second-order valence-electron chi connectivity index (χ2n) is 6.93. The summed E-state index contributed by atoms with van der Waals surface area (Å²) < 4.78 is 53.3. The molecule has 0 saturated heterocycles. The van der Waals surface area contributed by atoms with Crippen LogP contribution in [0, 0.1) is 11.3 Å². The number of benzene rings is 2. The molecule has 2 heterocycles. The molecule has 0 saturated carbocycles. The van der Waals surface area contributed by atoms with E-state index in [0.717, 1.165) is 16.1 Å². The lowest BCUT2D eigenvalue weighted by molar-refractivity contribution is -0.274. The van der Waals surface area contributed by atoms with Gasteiger partial charge in [0.1, 0.15) is 23.3 Å². The number of nitrogens with zero attached hydrogens (tertiary/aromatic N) is 4. The third kappa shape index (κ3) is 5.82. The molecule has 2 aromatic heterocycles. The van der Waals surface area contributed by atoms with Crippen molar-refractivity contribution in [3.05, 3.63) is 65.8 Å². The molecule has 1 unspecified atom stereocenters. The van der Waals surface area contributed by atoms with E-state index in [9.17, 15) is 18.4 Å². The molecule has 7 nitrogen and oxygen atoms in total. The van der Waals surface area contributed by atoms with Crippen LogP contribution < -0.4 is 14.2 Å². The Morgan fingerprint density at radius 2 is 1.94 bits per heavy atom. The first-order valence-corrected chi connectivity index (χ1v) is 12.2. The Kier molecular flexibility index (Phi) is 7.09. The number of rotatable bonds is 7. The molecule has 0 bridgehead atoms. The fourth-order valence-corrected chi connectivity index (χ4v) is 5.24. The number of alkyl halides is 3. The van der Waals surface area contributed by atoms with E-state index in [1.54, 1.807) is 31.4 Å². The molecule has 0 aliphatic rings. The maximum Gasteiger partial charge on any atom is 0.573 e. The fraction of sp³-hybridized carbons (Fsp3) is 0.130. The van der Waals surface area contributed by atoms with Crippen molar-refractivity contribution in [2.45, 2.75) is 18.2 Å². The van der Waals surface area contributed by atoms with Gasteiger partial charge in [0, 0.05) is 35.3 Å². The predicted molar refractivity (Wildman–Crippen MR) is 130 cm³/mol. The standard InChI is InChI=1S/C23H18F3N5O2S2/c1-3-35(30-22-28-10-11-34-22)17-5-7-20(15(12-17)14-27)32-21-6-4-16(33-23(24,25)26)13-18(21)19-8-9-29-31(19)2/h3-13H,1-2H3,(H,28,30). The van der Waals surface area contributed by atoms with Crippen LogP contribution >= 0.6 is 22.0 Å². The second-order valence-corrected chi connectivity index (χ2v) is 9.65. The van der Waals surface area contributed by atoms with Gasteiger partial charge in [-0.05, 0) is 54.8 Å². The maximum atomic E-state index is 12.8. The van der Waals surface area contributed by atoms with Gasteiger partial charge in [-0.25, -0.2) is 4.98 Å². The van der Waals surface area contributed by atoms with Gasteiger partial charge in [0.25, 0.3) is 0 Å². The van der Waals surface area contributed by atoms with Gasteiger partial charge in [0.05, 0.1) is 11.3 Å².